The molecule has 4 rings (SSSR count). The van der Waals surface area contributed by atoms with Gasteiger partial charge in [0.05, 0.1) is 11.6 Å². The number of nitrogen functional groups attached to an aromatic ring is 1. The van der Waals surface area contributed by atoms with E-state index in [4.69, 9.17) is 21.8 Å². The molecule has 0 spiro atoms. The number of aromatic nitrogens is 4. The van der Waals surface area contributed by atoms with Crippen LogP contribution < -0.4 is 5.73 Å². The summed E-state index contributed by atoms with van der Waals surface area (Å²) in [5.41, 5.74) is 7.92. The number of nitrogens with two attached hydrogens (primary N) is 1. The van der Waals surface area contributed by atoms with E-state index in [9.17, 15) is 0 Å². The fraction of sp³-hybridized carbons (Fsp3) is 0. The Morgan fingerprint density at radius 3 is 3.00 bits per heavy atom. The lowest BCUT2D eigenvalue weighted by Gasteiger charge is -2.00. The number of benzene rings is 1. The number of halogens is 1. The average Bonchev–Trinajstić information content (AvgIpc) is 3.02. The zero-order valence-corrected chi connectivity index (χ0v) is 10.9. The third-order valence-electron chi connectivity index (χ3n) is 3.14. The van der Waals surface area contributed by atoms with E-state index in [0.717, 1.165) is 11.1 Å². The number of rotatable bonds is 1. The summed E-state index contributed by atoms with van der Waals surface area (Å²) in [4.78, 5) is 8.17. The predicted octanol–water partition coefficient (Wildman–Crippen LogP) is 2.80. The second-order valence-electron chi connectivity index (χ2n) is 4.31. The normalized spacial score (nSPS) is 11.4. The van der Waals surface area contributed by atoms with Gasteiger partial charge in [0.25, 0.3) is 0 Å². The maximum absolute atomic E-state index is 5.95. The maximum Gasteiger partial charge on any atom is 0.168 e. The summed E-state index contributed by atoms with van der Waals surface area (Å²) in [6.07, 6.45) is 4.67. The SMILES string of the molecule is Nc1ncnc2c1cnn2-c1coc2cc(Cl)ccc12. The van der Waals surface area contributed by atoms with Crippen LogP contribution in [0.2, 0.25) is 5.02 Å². The van der Waals surface area contributed by atoms with Gasteiger partial charge in [-0.15, -0.1) is 0 Å². The van der Waals surface area contributed by atoms with Gasteiger partial charge < -0.3 is 10.2 Å². The lowest BCUT2D eigenvalue weighted by molar-refractivity contribution is 0.611. The minimum atomic E-state index is 0.400. The Morgan fingerprint density at radius 2 is 2.10 bits per heavy atom. The van der Waals surface area contributed by atoms with Gasteiger partial charge in [0.1, 0.15) is 29.7 Å². The molecule has 3 aromatic heterocycles. The Bertz CT molecular complexity index is 942. The van der Waals surface area contributed by atoms with Gasteiger partial charge in [-0.1, -0.05) is 11.6 Å². The summed E-state index contributed by atoms with van der Waals surface area (Å²) in [7, 11) is 0. The number of anilines is 1. The van der Waals surface area contributed by atoms with Crippen molar-refractivity contribution in [3.8, 4) is 5.69 Å². The molecular formula is C13H8ClN5O. The van der Waals surface area contributed by atoms with Crippen LogP contribution in [0.5, 0.6) is 0 Å². The molecule has 1 aromatic carbocycles. The number of furan rings is 1. The second-order valence-corrected chi connectivity index (χ2v) is 4.75. The van der Waals surface area contributed by atoms with E-state index in [2.05, 4.69) is 15.1 Å². The molecule has 20 heavy (non-hydrogen) atoms. The molecule has 0 aliphatic heterocycles. The molecule has 0 amide bonds. The fourth-order valence-corrected chi connectivity index (χ4v) is 2.35. The summed E-state index contributed by atoms with van der Waals surface area (Å²) in [5.74, 6) is 0.400. The fourth-order valence-electron chi connectivity index (χ4n) is 2.19. The van der Waals surface area contributed by atoms with Crippen LogP contribution >= 0.6 is 11.6 Å². The van der Waals surface area contributed by atoms with Crippen LogP contribution in [0, 0.1) is 0 Å². The molecule has 7 heteroatoms. The lowest BCUT2D eigenvalue weighted by atomic mass is 10.2. The molecule has 0 fully saturated rings. The van der Waals surface area contributed by atoms with Crippen molar-refractivity contribution in [3.05, 3.63) is 42.0 Å². The molecule has 4 aromatic rings. The van der Waals surface area contributed by atoms with Crippen LogP contribution in [-0.4, -0.2) is 19.7 Å². The first-order chi connectivity index (χ1) is 9.74. The predicted molar refractivity (Wildman–Crippen MR) is 75.9 cm³/mol. The molecule has 0 bridgehead atoms. The van der Waals surface area contributed by atoms with E-state index in [1.165, 1.54) is 6.33 Å². The minimum Gasteiger partial charge on any atom is -0.462 e. The standard InChI is InChI=1S/C13H8ClN5O/c14-7-1-2-8-10(5-20-11(8)3-7)19-13-9(4-18-19)12(15)16-6-17-13/h1-6H,(H2,15,16,17). The largest absolute Gasteiger partial charge is 0.462 e. The lowest BCUT2D eigenvalue weighted by Crippen LogP contribution is -1.98. The third-order valence-corrected chi connectivity index (χ3v) is 3.38. The number of fused-ring (bicyclic) bond motifs is 2. The van der Waals surface area contributed by atoms with Crippen LogP contribution in [0.25, 0.3) is 27.7 Å². The van der Waals surface area contributed by atoms with E-state index >= 15 is 0 Å². The van der Waals surface area contributed by atoms with Crippen LogP contribution in [0.1, 0.15) is 0 Å². The molecule has 0 aliphatic rings. The number of hydrogen-bond donors (Lipinski definition) is 1. The zero-order valence-electron chi connectivity index (χ0n) is 10.1. The molecular weight excluding hydrogens is 278 g/mol. The summed E-state index contributed by atoms with van der Waals surface area (Å²) in [6, 6.07) is 5.45. The molecule has 98 valence electrons. The van der Waals surface area contributed by atoms with Crippen LogP contribution in [0.4, 0.5) is 5.82 Å². The highest BCUT2D eigenvalue weighted by atomic mass is 35.5. The van der Waals surface area contributed by atoms with Gasteiger partial charge in [0.2, 0.25) is 0 Å². The highest BCUT2D eigenvalue weighted by Gasteiger charge is 2.14. The van der Waals surface area contributed by atoms with Crippen molar-refractivity contribution in [1.82, 2.24) is 19.7 Å². The Balaban J connectivity index is 2.04. The van der Waals surface area contributed by atoms with E-state index in [-0.39, 0.29) is 0 Å². The maximum atomic E-state index is 5.95. The molecule has 0 radical (unpaired) electrons. The molecule has 0 atom stereocenters. The third kappa shape index (κ3) is 1.48. The van der Waals surface area contributed by atoms with Crippen LogP contribution in [-0.2, 0) is 0 Å². The molecule has 2 N–H and O–H groups in total. The van der Waals surface area contributed by atoms with Gasteiger partial charge in [0.15, 0.2) is 5.65 Å². The minimum absolute atomic E-state index is 0.400. The summed E-state index contributed by atoms with van der Waals surface area (Å²) >= 11 is 5.95. The summed E-state index contributed by atoms with van der Waals surface area (Å²) < 4.78 is 7.19. The Hall–Kier alpha value is -2.60. The quantitative estimate of drug-likeness (QED) is 0.581. The van der Waals surface area contributed by atoms with E-state index in [1.54, 1.807) is 29.3 Å². The first-order valence-corrected chi connectivity index (χ1v) is 6.23. The Kier molecular flexibility index (Phi) is 2.22. The van der Waals surface area contributed by atoms with E-state index in [0.29, 0.717) is 27.5 Å². The zero-order chi connectivity index (χ0) is 13.7. The van der Waals surface area contributed by atoms with E-state index in [1.807, 2.05) is 6.07 Å². The Morgan fingerprint density at radius 1 is 1.20 bits per heavy atom. The van der Waals surface area contributed by atoms with Crippen molar-refractivity contribution in [2.75, 3.05) is 5.73 Å². The average molecular weight is 286 g/mol. The van der Waals surface area contributed by atoms with Crippen molar-refractivity contribution < 1.29 is 4.42 Å². The van der Waals surface area contributed by atoms with Gasteiger partial charge >= 0.3 is 0 Å². The van der Waals surface area contributed by atoms with E-state index < -0.39 is 0 Å². The summed E-state index contributed by atoms with van der Waals surface area (Å²) in [6.45, 7) is 0. The van der Waals surface area contributed by atoms with Gasteiger partial charge in [-0.25, -0.2) is 14.6 Å². The van der Waals surface area contributed by atoms with Gasteiger partial charge in [0, 0.05) is 16.5 Å². The highest BCUT2D eigenvalue weighted by Crippen LogP contribution is 2.29. The van der Waals surface area contributed by atoms with Gasteiger partial charge in [-0.05, 0) is 12.1 Å². The topological polar surface area (TPSA) is 82.8 Å². The summed E-state index contributed by atoms with van der Waals surface area (Å²) in [5, 5.41) is 6.54. The number of hydrogen-bond acceptors (Lipinski definition) is 5. The molecule has 0 saturated heterocycles. The second kappa shape index (κ2) is 3.94. The Labute approximate surface area is 117 Å². The monoisotopic (exact) mass is 285 g/mol. The molecule has 0 saturated carbocycles. The molecule has 0 unspecified atom stereocenters. The number of nitrogens with zero attached hydrogens (tertiary/aromatic N) is 4. The van der Waals surface area contributed by atoms with Crippen molar-refractivity contribution in [1.29, 1.82) is 0 Å². The molecule has 6 nitrogen and oxygen atoms in total. The van der Waals surface area contributed by atoms with Crippen molar-refractivity contribution in [2.24, 2.45) is 0 Å². The van der Waals surface area contributed by atoms with Crippen LogP contribution in [0.15, 0.2) is 41.4 Å². The first-order valence-electron chi connectivity index (χ1n) is 5.85. The van der Waals surface area contributed by atoms with Gasteiger partial charge in [-0.2, -0.15) is 5.10 Å². The smallest absolute Gasteiger partial charge is 0.168 e. The first kappa shape index (κ1) is 11.2. The molecule has 3 heterocycles. The van der Waals surface area contributed by atoms with Crippen molar-refractivity contribution in [3.63, 3.8) is 0 Å². The highest BCUT2D eigenvalue weighted by molar-refractivity contribution is 6.31. The molecule has 0 aliphatic carbocycles. The van der Waals surface area contributed by atoms with Crippen molar-refractivity contribution >= 4 is 39.4 Å². The van der Waals surface area contributed by atoms with Crippen LogP contribution in [0.3, 0.4) is 0 Å². The van der Waals surface area contributed by atoms with Gasteiger partial charge in [-0.3, -0.25) is 0 Å². The van der Waals surface area contributed by atoms with Crippen molar-refractivity contribution in [2.45, 2.75) is 0 Å².